The van der Waals surface area contributed by atoms with Crippen LogP contribution in [0.25, 0.3) is 23.0 Å². The molecule has 9 heterocycles. The minimum atomic E-state index is -0.526. The Morgan fingerprint density at radius 1 is 0.397 bits per heavy atom. The maximum Gasteiger partial charge on any atom is 0.415 e. The van der Waals surface area contributed by atoms with Gasteiger partial charge >= 0.3 is 24.4 Å². The van der Waals surface area contributed by atoms with E-state index in [2.05, 4.69) is 15.3 Å². The number of aryl methyl sites for hydroxylation is 2. The monoisotopic (exact) mass is 1710 g/mol. The largest absolute Gasteiger partial charge is 0.484 e. The number of benzene rings is 5. The van der Waals surface area contributed by atoms with Crippen molar-refractivity contribution in [3.05, 3.63) is 240 Å². The van der Waals surface area contributed by atoms with Gasteiger partial charge in [0.15, 0.2) is 11.5 Å². The second kappa shape index (κ2) is 34.1. The highest BCUT2D eigenvalue weighted by atomic mass is 32.2. The van der Waals surface area contributed by atoms with Crippen LogP contribution in [-0.4, -0.2) is 192 Å². The summed E-state index contributed by atoms with van der Waals surface area (Å²) in [6.45, 7) is 12.4. The van der Waals surface area contributed by atoms with E-state index in [0.29, 0.717) is 205 Å². The summed E-state index contributed by atoms with van der Waals surface area (Å²) in [5.41, 5.74) is 3.82. The number of hydrogen-bond donors (Lipinski definition) is 1. The van der Waals surface area contributed by atoms with Crippen molar-refractivity contribution in [1.29, 1.82) is 0 Å². The van der Waals surface area contributed by atoms with Gasteiger partial charge in [0, 0.05) is 163 Å². The topological polar surface area (TPSA) is 326 Å². The van der Waals surface area contributed by atoms with Gasteiger partial charge in [-0.25, -0.2) is 19.2 Å². The summed E-state index contributed by atoms with van der Waals surface area (Å²) in [5, 5.41) is 2.96. The van der Waals surface area contributed by atoms with E-state index in [9.17, 15) is 57.5 Å². The molecule has 0 bridgehead atoms. The minimum Gasteiger partial charge on any atom is -0.484 e. The maximum atomic E-state index is 12.6. The van der Waals surface area contributed by atoms with Gasteiger partial charge in [0.2, 0.25) is 46.3 Å². The molecule has 121 heavy (non-hydrogen) atoms. The molecule has 5 aromatic carbocycles. The number of Topliss-reactive ketones (excluding diaryl/α,β-unsaturated/α-hetero) is 8. The Morgan fingerprint density at radius 2 is 0.744 bits per heavy atom. The molecule has 26 nitrogen and oxygen atoms in total. The first kappa shape index (κ1) is 83.1. The van der Waals surface area contributed by atoms with Gasteiger partial charge in [0.25, 0.3) is 0 Å². The first-order valence-corrected chi connectivity index (χ1v) is 43.9. The Morgan fingerprint density at radius 3 is 1.08 bits per heavy atom. The van der Waals surface area contributed by atoms with Crippen molar-refractivity contribution in [1.82, 2.24) is 30.0 Å². The molecule has 7 aliphatic heterocycles. The number of nitrogens with zero attached hydrogens (tertiary/aromatic N) is 5. The molecule has 0 atom stereocenters. The van der Waals surface area contributed by atoms with E-state index in [1.807, 2.05) is 101 Å². The highest BCUT2D eigenvalue weighted by Crippen LogP contribution is 2.53. The molecule has 622 valence electrons. The smallest absolute Gasteiger partial charge is 0.415 e. The van der Waals surface area contributed by atoms with Crippen LogP contribution in [0.1, 0.15) is 160 Å². The summed E-state index contributed by atoms with van der Waals surface area (Å²) in [4.78, 5) is 164. The summed E-state index contributed by atoms with van der Waals surface area (Å²) in [5.74, 6) is 1.87. The summed E-state index contributed by atoms with van der Waals surface area (Å²) in [6, 6.07) is 42.6. The average molecular weight is 1710 g/mol. The van der Waals surface area contributed by atoms with E-state index in [1.54, 1.807) is 99.8 Å². The highest BCUT2D eigenvalue weighted by molar-refractivity contribution is 8.05. The van der Waals surface area contributed by atoms with Crippen LogP contribution >= 0.6 is 47.0 Å². The van der Waals surface area contributed by atoms with Crippen LogP contribution in [0, 0.1) is 13.8 Å². The van der Waals surface area contributed by atoms with Gasteiger partial charge in [0.05, 0.1) is 12.4 Å². The summed E-state index contributed by atoms with van der Waals surface area (Å²) < 4.78 is 47.4. The fourth-order valence-electron chi connectivity index (χ4n) is 16.2. The van der Waals surface area contributed by atoms with Gasteiger partial charge in [0.1, 0.15) is 76.4 Å². The second-order valence-electron chi connectivity index (χ2n) is 32.4. The lowest BCUT2D eigenvalue weighted by atomic mass is 9.82. The predicted octanol–water partition coefficient (Wildman–Crippen LogP) is 15.2. The molecular formula is C91H84N6O20S4. The highest BCUT2D eigenvalue weighted by Gasteiger charge is 2.52. The van der Waals surface area contributed by atoms with Crippen LogP contribution in [0.4, 0.5) is 19.2 Å². The van der Waals surface area contributed by atoms with E-state index in [-0.39, 0.29) is 12.1 Å². The molecule has 30 heteroatoms. The van der Waals surface area contributed by atoms with Crippen LogP contribution in [0.5, 0.6) is 17.2 Å². The van der Waals surface area contributed by atoms with Gasteiger partial charge in [-0.2, -0.15) is 0 Å². The number of fused-ring (bicyclic) bond motifs is 8. The van der Waals surface area contributed by atoms with Crippen molar-refractivity contribution in [3.8, 4) is 17.2 Å². The van der Waals surface area contributed by atoms with Crippen LogP contribution in [0.15, 0.2) is 184 Å². The zero-order valence-electron chi connectivity index (χ0n) is 66.8. The van der Waals surface area contributed by atoms with E-state index in [4.69, 9.17) is 37.9 Å². The zero-order chi connectivity index (χ0) is 84.7. The van der Waals surface area contributed by atoms with Gasteiger partial charge in [-0.1, -0.05) is 109 Å². The standard InChI is InChI=1S/C25H23NO5S.C23H20N2O5S.C22H18N2O5S.C21H23NO5S/c1-15-5-4-6-17(13-15)30-24(29)26-16-9-11-25(12-10-16)14-32-23-21(28)20(27)18-7-2-3-8-19(18)22(23)31-25;1-14-6-7-15(12-24-14)29-22(28)25-10-8-23(9-11-25)13-31-21-19(27)18(26)16-4-2-3-5-17(16)20(21)30-23;25-17-15-5-1-2-6-16(15)19-20(18(17)26)30-13-22(29-19)7-10-24(11-8-22)21(27)28-14-4-3-9-23-12-14;1-20(2,3)27-19(25)22-10-8-21(9-11-22)12-28-18-16(24)15(23)13-6-4-5-7-14(13)17(18)26-21/h2-8,13,16H,9-12,14H2,1H3,(H,26,29);2-7,12H,8-11,13H2,1H3;1-6,9,12H,7-8,10-11,13H2;4-7H,8-12H2,1-3H3. The molecule has 5 aliphatic carbocycles. The van der Waals surface area contributed by atoms with Gasteiger partial charge in [-0.3, -0.25) is 48.3 Å². The van der Waals surface area contributed by atoms with E-state index in [1.165, 1.54) is 59.4 Å². The number of hydrogen-bond acceptors (Lipinski definition) is 26. The summed E-state index contributed by atoms with van der Waals surface area (Å²) in [6.07, 6.45) is 9.82. The molecule has 0 radical (unpaired) electrons. The SMILES string of the molecule is CC(C)(C)OC(=O)N1CCC2(CC1)CSC1=C(O2)c2ccccc2C(=O)C1=O.Cc1ccc(OC(=O)N2CCC3(CC2)CSC2=C(O3)c3ccccc3C(=O)C2=O)cn1.Cc1cccc(OC(=O)NC2CCC3(CC2)CSC2=C(O3)c3ccccc3C(=O)C2=O)c1.O=C1C(=O)c2ccccc2C2=C1SCC1(CCN(C(=O)Oc3cccnc3)CC1)O2. The lowest BCUT2D eigenvalue weighted by Gasteiger charge is -2.45. The number of thioether (sulfide) groups is 4. The second-order valence-corrected chi connectivity index (χ2v) is 36.3. The molecule has 19 rings (SSSR count). The Kier molecular flexibility index (Phi) is 23.4. The van der Waals surface area contributed by atoms with Crippen molar-refractivity contribution < 1.29 is 95.4 Å². The molecule has 1 saturated carbocycles. The number of amides is 4. The molecule has 3 saturated heterocycles. The van der Waals surface area contributed by atoms with Crippen molar-refractivity contribution in [2.24, 2.45) is 0 Å². The van der Waals surface area contributed by atoms with Crippen LogP contribution in [0.3, 0.4) is 0 Å². The molecular weight excluding hydrogens is 1630 g/mol. The summed E-state index contributed by atoms with van der Waals surface area (Å²) >= 11 is 5.58. The number of ketones is 8. The third kappa shape index (κ3) is 17.4. The maximum absolute atomic E-state index is 12.6. The first-order valence-electron chi connectivity index (χ1n) is 39.9. The Bertz CT molecular complexity index is 5590. The lowest BCUT2D eigenvalue weighted by molar-refractivity contribution is -0.112. The normalized spacial score (nSPS) is 21.3. The van der Waals surface area contributed by atoms with Crippen molar-refractivity contribution >= 4 is 141 Å². The number of nitrogens with one attached hydrogen (secondary N) is 1. The number of aromatic nitrogens is 2. The first-order chi connectivity index (χ1) is 58.1. The van der Waals surface area contributed by atoms with Crippen LogP contribution in [-0.2, 0) is 42.9 Å². The fourth-order valence-corrected chi connectivity index (χ4v) is 21.2. The molecule has 4 amide bonds. The quantitative estimate of drug-likeness (QED) is 0.160. The molecule has 12 aliphatic rings. The lowest BCUT2D eigenvalue weighted by Crippen LogP contribution is -2.51. The van der Waals surface area contributed by atoms with E-state index < -0.39 is 92.6 Å². The number of rotatable bonds is 4. The number of allylic oxidation sites excluding steroid dienone is 4. The Labute approximate surface area is 713 Å². The fraction of sp³-hybridized carbons (Fsp3) is 0.341. The number of ether oxygens (including phenoxy) is 8. The summed E-state index contributed by atoms with van der Waals surface area (Å²) in [7, 11) is 0. The third-order valence-corrected chi connectivity index (χ3v) is 28.2. The van der Waals surface area contributed by atoms with Gasteiger partial charge in [-0.05, 0) is 102 Å². The molecule has 7 aromatic rings. The third-order valence-electron chi connectivity index (χ3n) is 22.9. The Balaban J connectivity index is 0.000000120. The number of pyridine rings is 2. The van der Waals surface area contributed by atoms with Crippen LogP contribution in [0.2, 0.25) is 0 Å². The number of carbonyl (C=O) groups is 12. The average Bonchev–Trinajstić information content (AvgIpc) is 0.757. The molecule has 2 aromatic heterocycles. The molecule has 0 unspecified atom stereocenters. The minimum absolute atomic E-state index is 0.00348. The molecule has 1 N–H and O–H groups in total. The van der Waals surface area contributed by atoms with Crippen LogP contribution < -0.4 is 19.5 Å². The van der Waals surface area contributed by atoms with E-state index in [0.717, 1.165) is 36.9 Å². The van der Waals surface area contributed by atoms with Crippen molar-refractivity contribution in [2.45, 2.75) is 133 Å². The number of carbonyl (C=O) groups excluding carboxylic acids is 12. The molecule has 4 spiro atoms. The predicted molar refractivity (Wildman–Crippen MR) is 452 cm³/mol. The van der Waals surface area contributed by atoms with E-state index >= 15 is 0 Å². The number of likely N-dealkylation sites (tertiary alicyclic amines) is 3. The van der Waals surface area contributed by atoms with Crippen molar-refractivity contribution in [2.75, 3.05) is 62.3 Å². The van der Waals surface area contributed by atoms with Gasteiger partial charge < -0.3 is 57.9 Å². The Hall–Kier alpha value is -11.6. The zero-order valence-corrected chi connectivity index (χ0v) is 70.1. The number of piperidine rings is 3. The van der Waals surface area contributed by atoms with Gasteiger partial charge in [-0.15, -0.1) is 47.0 Å². The molecule has 4 fully saturated rings. The van der Waals surface area contributed by atoms with Crippen molar-refractivity contribution in [3.63, 3.8) is 0 Å².